The van der Waals surface area contributed by atoms with Crippen molar-refractivity contribution < 1.29 is 14.2 Å². The maximum atomic E-state index is 5.74. The summed E-state index contributed by atoms with van der Waals surface area (Å²) >= 11 is 0. The molecule has 18 heavy (non-hydrogen) atoms. The number of rotatable bonds is 2. The van der Waals surface area contributed by atoms with Gasteiger partial charge in [-0.1, -0.05) is 6.07 Å². The summed E-state index contributed by atoms with van der Waals surface area (Å²) in [7, 11) is 1.70. The minimum Gasteiger partial charge on any atom is -0.497 e. The van der Waals surface area contributed by atoms with Gasteiger partial charge in [-0.15, -0.1) is 0 Å². The zero-order chi connectivity index (χ0) is 12.4. The molecule has 0 radical (unpaired) electrons. The van der Waals surface area contributed by atoms with Crippen molar-refractivity contribution in [2.75, 3.05) is 38.3 Å². The Balaban J connectivity index is 1.68. The first-order valence-electron chi connectivity index (χ1n) is 6.48. The van der Waals surface area contributed by atoms with Gasteiger partial charge in [-0.05, 0) is 12.1 Å². The molecule has 0 aliphatic carbocycles. The van der Waals surface area contributed by atoms with Crippen LogP contribution in [0, 0.1) is 0 Å². The van der Waals surface area contributed by atoms with Gasteiger partial charge in [0.1, 0.15) is 5.75 Å². The quantitative estimate of drug-likeness (QED) is 0.802. The van der Waals surface area contributed by atoms with Gasteiger partial charge in [-0.2, -0.15) is 0 Å². The summed E-state index contributed by atoms with van der Waals surface area (Å²) in [5.41, 5.74) is 1.21. The fourth-order valence-electron chi connectivity index (χ4n) is 2.70. The van der Waals surface area contributed by atoms with Gasteiger partial charge < -0.3 is 19.1 Å². The molecule has 1 aromatic rings. The SMILES string of the molecule is COc1cccc(N2CCC3(CC2)OCCO3)c1. The number of benzene rings is 1. The van der Waals surface area contributed by atoms with Gasteiger partial charge >= 0.3 is 0 Å². The Morgan fingerprint density at radius 1 is 1.17 bits per heavy atom. The lowest BCUT2D eigenvalue weighted by Gasteiger charge is -2.38. The number of methoxy groups -OCH3 is 1. The lowest BCUT2D eigenvalue weighted by atomic mass is 10.0. The molecule has 2 saturated heterocycles. The summed E-state index contributed by atoms with van der Waals surface area (Å²) in [6.07, 6.45) is 1.87. The molecule has 2 aliphatic rings. The lowest BCUT2D eigenvalue weighted by Crippen LogP contribution is -2.45. The molecular weight excluding hydrogens is 230 g/mol. The van der Waals surface area contributed by atoms with Crippen molar-refractivity contribution in [3.8, 4) is 5.75 Å². The summed E-state index contributed by atoms with van der Waals surface area (Å²) in [5.74, 6) is 0.608. The van der Waals surface area contributed by atoms with E-state index in [-0.39, 0.29) is 5.79 Å². The van der Waals surface area contributed by atoms with Crippen LogP contribution in [-0.4, -0.2) is 39.2 Å². The Kier molecular flexibility index (Phi) is 3.14. The van der Waals surface area contributed by atoms with Crippen molar-refractivity contribution in [1.29, 1.82) is 0 Å². The molecule has 4 heteroatoms. The van der Waals surface area contributed by atoms with Crippen LogP contribution < -0.4 is 9.64 Å². The smallest absolute Gasteiger partial charge is 0.171 e. The van der Waals surface area contributed by atoms with E-state index in [4.69, 9.17) is 14.2 Å². The summed E-state index contributed by atoms with van der Waals surface area (Å²) < 4.78 is 16.7. The molecule has 2 fully saturated rings. The average molecular weight is 249 g/mol. The van der Waals surface area contributed by atoms with Gasteiger partial charge in [-0.3, -0.25) is 0 Å². The van der Waals surface area contributed by atoms with Crippen LogP contribution in [0.1, 0.15) is 12.8 Å². The Hall–Kier alpha value is -1.26. The highest BCUT2D eigenvalue weighted by atomic mass is 16.7. The van der Waals surface area contributed by atoms with Gasteiger partial charge in [0.25, 0.3) is 0 Å². The Bertz CT molecular complexity index is 405. The summed E-state index contributed by atoms with van der Waals surface area (Å²) in [4.78, 5) is 2.36. The highest BCUT2D eigenvalue weighted by molar-refractivity contribution is 5.51. The van der Waals surface area contributed by atoms with Crippen molar-refractivity contribution in [3.05, 3.63) is 24.3 Å². The van der Waals surface area contributed by atoms with Crippen LogP contribution in [-0.2, 0) is 9.47 Å². The van der Waals surface area contributed by atoms with Crippen molar-refractivity contribution in [1.82, 2.24) is 0 Å². The third kappa shape index (κ3) is 2.18. The molecule has 0 unspecified atom stereocenters. The Morgan fingerprint density at radius 3 is 2.56 bits per heavy atom. The first-order chi connectivity index (χ1) is 8.81. The molecule has 1 spiro atoms. The van der Waals surface area contributed by atoms with Crippen LogP contribution in [0.15, 0.2) is 24.3 Å². The maximum absolute atomic E-state index is 5.74. The molecule has 0 aromatic heterocycles. The van der Waals surface area contributed by atoms with Gasteiger partial charge in [0, 0.05) is 37.7 Å². The van der Waals surface area contributed by atoms with Crippen LogP contribution in [0.25, 0.3) is 0 Å². The third-order valence-corrected chi connectivity index (χ3v) is 3.76. The van der Waals surface area contributed by atoms with E-state index in [1.54, 1.807) is 7.11 Å². The van der Waals surface area contributed by atoms with E-state index in [9.17, 15) is 0 Å². The fourth-order valence-corrected chi connectivity index (χ4v) is 2.70. The van der Waals surface area contributed by atoms with Crippen LogP contribution in [0.4, 0.5) is 5.69 Å². The number of nitrogens with zero attached hydrogens (tertiary/aromatic N) is 1. The number of hydrogen-bond acceptors (Lipinski definition) is 4. The number of ether oxygens (including phenoxy) is 3. The molecule has 2 heterocycles. The standard InChI is InChI=1S/C14H19NO3/c1-16-13-4-2-3-12(11-13)15-7-5-14(6-8-15)17-9-10-18-14/h2-4,11H,5-10H2,1H3. The number of piperidine rings is 1. The molecule has 0 atom stereocenters. The fraction of sp³-hybridized carbons (Fsp3) is 0.571. The molecule has 98 valence electrons. The predicted molar refractivity (Wildman–Crippen MR) is 69.1 cm³/mol. The molecule has 2 aliphatic heterocycles. The molecule has 3 rings (SSSR count). The van der Waals surface area contributed by atoms with E-state index in [0.717, 1.165) is 44.9 Å². The third-order valence-electron chi connectivity index (χ3n) is 3.76. The maximum Gasteiger partial charge on any atom is 0.171 e. The highest BCUT2D eigenvalue weighted by Gasteiger charge is 2.39. The molecular formula is C14H19NO3. The van der Waals surface area contributed by atoms with Crippen molar-refractivity contribution >= 4 is 5.69 Å². The first-order valence-corrected chi connectivity index (χ1v) is 6.48. The predicted octanol–water partition coefficient (Wildman–Crippen LogP) is 2.04. The Labute approximate surface area is 107 Å². The Morgan fingerprint density at radius 2 is 1.89 bits per heavy atom. The first kappa shape index (κ1) is 11.8. The monoisotopic (exact) mass is 249 g/mol. The topological polar surface area (TPSA) is 30.9 Å². The van der Waals surface area contributed by atoms with Gasteiger partial charge in [0.15, 0.2) is 5.79 Å². The molecule has 0 bridgehead atoms. The molecule has 1 aromatic carbocycles. The molecule has 4 nitrogen and oxygen atoms in total. The summed E-state index contributed by atoms with van der Waals surface area (Å²) in [6.45, 7) is 3.40. The van der Waals surface area contributed by atoms with E-state index in [1.807, 2.05) is 12.1 Å². The van der Waals surface area contributed by atoms with Crippen molar-refractivity contribution in [2.45, 2.75) is 18.6 Å². The second-order valence-corrected chi connectivity index (χ2v) is 4.80. The van der Waals surface area contributed by atoms with E-state index in [1.165, 1.54) is 5.69 Å². The van der Waals surface area contributed by atoms with Crippen LogP contribution in [0.5, 0.6) is 5.75 Å². The molecule has 0 saturated carbocycles. The van der Waals surface area contributed by atoms with Crippen LogP contribution >= 0.6 is 0 Å². The van der Waals surface area contributed by atoms with Gasteiger partial charge in [-0.25, -0.2) is 0 Å². The number of anilines is 1. The van der Waals surface area contributed by atoms with Crippen LogP contribution in [0.3, 0.4) is 0 Å². The van der Waals surface area contributed by atoms with E-state index in [2.05, 4.69) is 17.0 Å². The van der Waals surface area contributed by atoms with Crippen molar-refractivity contribution in [3.63, 3.8) is 0 Å². The number of hydrogen-bond donors (Lipinski definition) is 0. The van der Waals surface area contributed by atoms with Gasteiger partial charge in [0.05, 0.1) is 20.3 Å². The minimum atomic E-state index is -0.296. The van der Waals surface area contributed by atoms with E-state index < -0.39 is 0 Å². The largest absolute Gasteiger partial charge is 0.497 e. The van der Waals surface area contributed by atoms with E-state index >= 15 is 0 Å². The van der Waals surface area contributed by atoms with Crippen molar-refractivity contribution in [2.24, 2.45) is 0 Å². The van der Waals surface area contributed by atoms with Crippen LogP contribution in [0.2, 0.25) is 0 Å². The average Bonchev–Trinajstić information content (AvgIpc) is 2.88. The normalized spacial score (nSPS) is 22.4. The van der Waals surface area contributed by atoms with Gasteiger partial charge in [0.2, 0.25) is 0 Å². The highest BCUT2D eigenvalue weighted by Crippen LogP contribution is 2.33. The summed E-state index contributed by atoms with van der Waals surface area (Å²) in [5, 5.41) is 0. The molecule has 0 amide bonds. The second-order valence-electron chi connectivity index (χ2n) is 4.80. The molecule has 0 N–H and O–H groups in total. The lowest BCUT2D eigenvalue weighted by molar-refractivity contribution is -0.169. The summed E-state index contributed by atoms with van der Waals surface area (Å²) in [6, 6.07) is 8.20. The minimum absolute atomic E-state index is 0.296. The zero-order valence-corrected chi connectivity index (χ0v) is 10.7. The van der Waals surface area contributed by atoms with E-state index in [0.29, 0.717) is 0 Å². The second kappa shape index (κ2) is 4.78. The zero-order valence-electron chi connectivity index (χ0n) is 10.7.